The number of aromatic nitrogens is 1. The summed E-state index contributed by atoms with van der Waals surface area (Å²) < 4.78 is 0. The molecule has 16 heavy (non-hydrogen) atoms. The maximum Gasteiger partial charge on any atom is 0.252 e. The number of aryl methyl sites for hydroxylation is 1. The fraction of sp³-hybridized carbons (Fsp3) is 0.500. The molecule has 2 N–H and O–H groups in total. The topological polar surface area (TPSA) is 54.0 Å². The van der Waals surface area contributed by atoms with Crippen molar-refractivity contribution in [1.82, 2.24) is 15.6 Å². The highest BCUT2D eigenvalue weighted by Crippen LogP contribution is 2.00. The lowest BCUT2D eigenvalue weighted by Gasteiger charge is -2.06. The molecule has 0 radical (unpaired) electrons. The number of carbonyl (C=O) groups is 1. The summed E-state index contributed by atoms with van der Waals surface area (Å²) in [6.07, 6.45) is 4.43. The zero-order valence-corrected chi connectivity index (χ0v) is 9.92. The largest absolute Gasteiger partial charge is 0.351 e. The van der Waals surface area contributed by atoms with E-state index in [1.54, 1.807) is 12.4 Å². The Morgan fingerprint density at radius 2 is 2.12 bits per heavy atom. The van der Waals surface area contributed by atoms with Gasteiger partial charge in [0.05, 0.1) is 5.56 Å². The molecule has 0 aliphatic heterocycles. The molecule has 0 aliphatic carbocycles. The van der Waals surface area contributed by atoms with E-state index in [2.05, 4.69) is 22.5 Å². The monoisotopic (exact) mass is 221 g/mol. The van der Waals surface area contributed by atoms with Crippen LogP contribution in [-0.4, -0.2) is 30.5 Å². The van der Waals surface area contributed by atoms with E-state index in [9.17, 15) is 4.79 Å². The molecule has 4 nitrogen and oxygen atoms in total. The van der Waals surface area contributed by atoms with E-state index in [1.165, 1.54) is 0 Å². The molecule has 0 saturated heterocycles. The summed E-state index contributed by atoms with van der Waals surface area (Å²) in [4.78, 5) is 15.6. The van der Waals surface area contributed by atoms with E-state index in [4.69, 9.17) is 0 Å². The molecule has 0 unspecified atom stereocenters. The van der Waals surface area contributed by atoms with Crippen LogP contribution in [0.15, 0.2) is 18.5 Å². The van der Waals surface area contributed by atoms with Gasteiger partial charge in [0.1, 0.15) is 0 Å². The average molecular weight is 221 g/mol. The summed E-state index contributed by atoms with van der Waals surface area (Å²) in [5.74, 6) is -0.0606. The molecule has 1 heterocycles. The maximum absolute atomic E-state index is 11.7. The van der Waals surface area contributed by atoms with Gasteiger partial charge in [0.25, 0.3) is 5.91 Å². The van der Waals surface area contributed by atoms with Crippen LogP contribution in [0.25, 0.3) is 0 Å². The SMILES string of the molecule is CCCNCCNC(=O)c1cncc(C)c1. The minimum absolute atomic E-state index is 0.0606. The number of pyridine rings is 1. The number of hydrogen-bond donors (Lipinski definition) is 2. The second kappa shape index (κ2) is 6.95. The van der Waals surface area contributed by atoms with Gasteiger partial charge in [-0.05, 0) is 31.5 Å². The Bertz CT molecular complexity index is 339. The van der Waals surface area contributed by atoms with Gasteiger partial charge in [-0.25, -0.2) is 0 Å². The minimum atomic E-state index is -0.0606. The van der Waals surface area contributed by atoms with E-state index < -0.39 is 0 Å². The third kappa shape index (κ3) is 4.40. The van der Waals surface area contributed by atoms with Crippen LogP contribution in [0.5, 0.6) is 0 Å². The quantitative estimate of drug-likeness (QED) is 0.708. The van der Waals surface area contributed by atoms with Crippen molar-refractivity contribution in [2.24, 2.45) is 0 Å². The predicted molar refractivity (Wildman–Crippen MR) is 64.5 cm³/mol. The van der Waals surface area contributed by atoms with Gasteiger partial charge in [0.2, 0.25) is 0 Å². The summed E-state index contributed by atoms with van der Waals surface area (Å²) >= 11 is 0. The highest BCUT2D eigenvalue weighted by atomic mass is 16.1. The van der Waals surface area contributed by atoms with Crippen LogP contribution in [0.2, 0.25) is 0 Å². The third-order valence-electron chi connectivity index (χ3n) is 2.15. The zero-order chi connectivity index (χ0) is 11.8. The van der Waals surface area contributed by atoms with Crippen molar-refractivity contribution in [3.63, 3.8) is 0 Å². The van der Waals surface area contributed by atoms with Crippen LogP contribution in [0.1, 0.15) is 29.3 Å². The Balaban J connectivity index is 2.30. The molecular formula is C12H19N3O. The summed E-state index contributed by atoms with van der Waals surface area (Å²) in [6, 6.07) is 1.84. The van der Waals surface area contributed by atoms with Crippen LogP contribution in [0.4, 0.5) is 0 Å². The standard InChI is InChI=1S/C12H19N3O/c1-3-4-13-5-6-15-12(16)11-7-10(2)8-14-9-11/h7-9,13H,3-6H2,1-2H3,(H,15,16). The van der Waals surface area contributed by atoms with Crippen LogP contribution in [0.3, 0.4) is 0 Å². The molecule has 88 valence electrons. The highest BCUT2D eigenvalue weighted by molar-refractivity contribution is 5.93. The number of hydrogen-bond acceptors (Lipinski definition) is 3. The van der Waals surface area contributed by atoms with E-state index in [0.717, 1.165) is 25.1 Å². The second-order valence-electron chi connectivity index (χ2n) is 3.76. The Morgan fingerprint density at radius 3 is 2.81 bits per heavy atom. The lowest BCUT2D eigenvalue weighted by Crippen LogP contribution is -2.32. The highest BCUT2D eigenvalue weighted by Gasteiger charge is 2.04. The molecule has 1 aromatic rings. The van der Waals surface area contributed by atoms with Crippen molar-refractivity contribution in [2.45, 2.75) is 20.3 Å². The molecule has 4 heteroatoms. The minimum Gasteiger partial charge on any atom is -0.351 e. The molecule has 0 spiro atoms. The number of rotatable bonds is 6. The molecule has 1 rings (SSSR count). The van der Waals surface area contributed by atoms with Crippen LogP contribution in [-0.2, 0) is 0 Å². The number of amides is 1. The first-order valence-electron chi connectivity index (χ1n) is 5.64. The molecule has 0 saturated carbocycles. The lowest BCUT2D eigenvalue weighted by molar-refractivity contribution is 0.0953. The van der Waals surface area contributed by atoms with E-state index >= 15 is 0 Å². The molecule has 0 aromatic carbocycles. The normalized spacial score (nSPS) is 10.1. The Hall–Kier alpha value is -1.42. The fourth-order valence-electron chi connectivity index (χ4n) is 1.35. The van der Waals surface area contributed by atoms with E-state index in [-0.39, 0.29) is 5.91 Å². The summed E-state index contributed by atoms with van der Waals surface area (Å²) in [6.45, 7) is 6.48. The van der Waals surface area contributed by atoms with Gasteiger partial charge in [-0.15, -0.1) is 0 Å². The van der Waals surface area contributed by atoms with Crippen LogP contribution >= 0.6 is 0 Å². The van der Waals surface area contributed by atoms with Gasteiger partial charge in [-0.1, -0.05) is 6.92 Å². The van der Waals surface area contributed by atoms with Gasteiger partial charge in [0.15, 0.2) is 0 Å². The van der Waals surface area contributed by atoms with Gasteiger partial charge in [0, 0.05) is 25.5 Å². The van der Waals surface area contributed by atoms with E-state index in [0.29, 0.717) is 12.1 Å². The first-order chi connectivity index (χ1) is 7.74. The van der Waals surface area contributed by atoms with Crippen molar-refractivity contribution in [3.05, 3.63) is 29.6 Å². The zero-order valence-electron chi connectivity index (χ0n) is 9.92. The summed E-state index contributed by atoms with van der Waals surface area (Å²) in [5.41, 5.74) is 1.62. The van der Waals surface area contributed by atoms with Crippen molar-refractivity contribution < 1.29 is 4.79 Å². The molecule has 0 atom stereocenters. The van der Waals surface area contributed by atoms with Crippen molar-refractivity contribution in [1.29, 1.82) is 0 Å². The molecule has 0 aliphatic rings. The van der Waals surface area contributed by atoms with Crippen molar-refractivity contribution in [2.75, 3.05) is 19.6 Å². The third-order valence-corrected chi connectivity index (χ3v) is 2.15. The molecule has 1 amide bonds. The Morgan fingerprint density at radius 1 is 1.31 bits per heavy atom. The first-order valence-corrected chi connectivity index (χ1v) is 5.64. The Labute approximate surface area is 96.5 Å². The molecule has 0 bridgehead atoms. The van der Waals surface area contributed by atoms with Gasteiger partial charge >= 0.3 is 0 Å². The summed E-state index contributed by atoms with van der Waals surface area (Å²) in [7, 11) is 0. The first kappa shape index (κ1) is 12.6. The smallest absolute Gasteiger partial charge is 0.252 e. The van der Waals surface area contributed by atoms with Crippen molar-refractivity contribution >= 4 is 5.91 Å². The Kier molecular flexibility index (Phi) is 5.50. The lowest BCUT2D eigenvalue weighted by atomic mass is 10.2. The van der Waals surface area contributed by atoms with Gasteiger partial charge in [-0.3, -0.25) is 9.78 Å². The molecular weight excluding hydrogens is 202 g/mol. The molecule has 1 aromatic heterocycles. The van der Waals surface area contributed by atoms with Gasteiger partial charge in [-0.2, -0.15) is 0 Å². The number of nitrogens with zero attached hydrogens (tertiary/aromatic N) is 1. The number of nitrogens with one attached hydrogen (secondary N) is 2. The predicted octanol–water partition coefficient (Wildman–Crippen LogP) is 1.12. The number of carbonyl (C=O) groups excluding carboxylic acids is 1. The average Bonchev–Trinajstić information content (AvgIpc) is 2.28. The van der Waals surface area contributed by atoms with E-state index in [1.807, 2.05) is 13.0 Å². The van der Waals surface area contributed by atoms with Crippen LogP contribution in [0, 0.1) is 6.92 Å². The summed E-state index contributed by atoms with van der Waals surface area (Å²) in [5, 5.41) is 6.07. The maximum atomic E-state index is 11.7. The second-order valence-corrected chi connectivity index (χ2v) is 3.76. The fourth-order valence-corrected chi connectivity index (χ4v) is 1.35. The van der Waals surface area contributed by atoms with Gasteiger partial charge < -0.3 is 10.6 Å². The molecule has 0 fully saturated rings. The van der Waals surface area contributed by atoms with Crippen LogP contribution < -0.4 is 10.6 Å². The van der Waals surface area contributed by atoms with Crippen molar-refractivity contribution in [3.8, 4) is 0 Å².